The maximum absolute atomic E-state index is 2.69. The summed E-state index contributed by atoms with van der Waals surface area (Å²) in [6, 6.07) is 63.6. The van der Waals surface area contributed by atoms with Crippen molar-refractivity contribution in [2.24, 2.45) is 29.6 Å². The van der Waals surface area contributed by atoms with Gasteiger partial charge in [0.05, 0.1) is 5.69 Å². The molecular weight excluding hydrogens is 735 g/mol. The number of nitrogens with zero attached hydrogens (tertiary/aromatic N) is 1. The zero-order chi connectivity index (χ0) is 40.3. The molecule has 0 aromatic heterocycles. The predicted octanol–water partition coefficient (Wildman–Crippen LogP) is 16.1. The van der Waals surface area contributed by atoms with E-state index in [4.69, 9.17) is 0 Å². The van der Waals surface area contributed by atoms with Crippen molar-refractivity contribution in [3.05, 3.63) is 186 Å². The molecule has 5 atom stereocenters. The van der Waals surface area contributed by atoms with E-state index in [1.807, 2.05) is 0 Å². The molecule has 61 heavy (non-hydrogen) atoms. The molecule has 13 rings (SSSR count). The van der Waals surface area contributed by atoms with Gasteiger partial charge in [0.25, 0.3) is 0 Å². The van der Waals surface area contributed by atoms with Crippen molar-refractivity contribution >= 4 is 17.1 Å². The van der Waals surface area contributed by atoms with E-state index in [0.29, 0.717) is 17.8 Å². The van der Waals surface area contributed by atoms with Crippen LogP contribution in [0.15, 0.2) is 164 Å². The highest BCUT2D eigenvalue weighted by Gasteiger charge is 2.59. The summed E-state index contributed by atoms with van der Waals surface area (Å²) >= 11 is 0. The Labute approximate surface area is 362 Å². The van der Waals surface area contributed by atoms with Crippen molar-refractivity contribution in [2.75, 3.05) is 4.90 Å². The van der Waals surface area contributed by atoms with Crippen molar-refractivity contribution in [1.29, 1.82) is 0 Å². The van der Waals surface area contributed by atoms with E-state index in [9.17, 15) is 0 Å². The first-order chi connectivity index (χ1) is 30.2. The summed E-state index contributed by atoms with van der Waals surface area (Å²) in [6.45, 7) is 2.44. The highest BCUT2D eigenvalue weighted by atomic mass is 15.1. The largest absolute Gasteiger partial charge is 0.310 e. The van der Waals surface area contributed by atoms with Crippen LogP contribution in [0.2, 0.25) is 0 Å². The average Bonchev–Trinajstić information content (AvgIpc) is 4.07. The summed E-state index contributed by atoms with van der Waals surface area (Å²) in [7, 11) is 0. The zero-order valence-electron chi connectivity index (χ0n) is 35.5. The van der Waals surface area contributed by atoms with E-state index in [1.54, 1.807) is 22.3 Å². The maximum Gasteiger partial charge on any atom is 0.0543 e. The summed E-state index contributed by atoms with van der Waals surface area (Å²) in [5.41, 5.74) is 21.3. The molecule has 5 unspecified atom stereocenters. The highest BCUT2D eigenvalue weighted by Crippen LogP contribution is 2.68. The lowest BCUT2D eigenvalue weighted by molar-refractivity contribution is 0.0492. The Balaban J connectivity index is 1.07. The fourth-order valence-electron chi connectivity index (χ4n) is 15.0. The minimum atomic E-state index is 0.0800. The van der Waals surface area contributed by atoms with Gasteiger partial charge in [0, 0.05) is 27.8 Å². The lowest BCUT2D eigenvalue weighted by Crippen LogP contribution is -2.49. The first kappa shape index (κ1) is 36.0. The van der Waals surface area contributed by atoms with Gasteiger partial charge in [0.15, 0.2) is 0 Å². The molecule has 6 aliphatic carbocycles. The third kappa shape index (κ3) is 5.01. The van der Waals surface area contributed by atoms with Gasteiger partial charge in [-0.25, -0.2) is 0 Å². The van der Waals surface area contributed by atoms with E-state index >= 15 is 0 Å². The SMILES string of the molecule is CCC1CC2CCCC(C1)C21c2ccccc2-c2c(N(c3ccc(-c4ccccc4)c(-c4ccccc4)c3)c3ccc4c(c3)C3(CC5CCC3C5)c3ccccc3-4)cccc21. The monoisotopic (exact) mass is 789 g/mol. The van der Waals surface area contributed by atoms with Crippen LogP contribution in [0.5, 0.6) is 0 Å². The molecular formula is C60H55N. The molecule has 4 saturated carbocycles. The summed E-state index contributed by atoms with van der Waals surface area (Å²) in [6.07, 6.45) is 13.5. The summed E-state index contributed by atoms with van der Waals surface area (Å²) in [5, 5.41) is 0. The molecule has 0 N–H and O–H groups in total. The molecule has 2 spiro atoms. The van der Waals surface area contributed by atoms with Crippen LogP contribution in [0.4, 0.5) is 17.1 Å². The lowest BCUT2D eigenvalue weighted by Gasteiger charge is -2.55. The number of fused-ring (bicyclic) bond motifs is 11. The molecule has 0 amide bonds. The van der Waals surface area contributed by atoms with Crippen LogP contribution in [0.3, 0.4) is 0 Å². The number of benzene rings is 7. The normalized spacial score (nSPS) is 27.2. The number of anilines is 3. The maximum atomic E-state index is 2.69. The van der Waals surface area contributed by atoms with Crippen LogP contribution >= 0.6 is 0 Å². The van der Waals surface area contributed by atoms with Gasteiger partial charge in [0.2, 0.25) is 0 Å². The van der Waals surface area contributed by atoms with Gasteiger partial charge in [0.1, 0.15) is 0 Å². The summed E-state index contributed by atoms with van der Waals surface area (Å²) in [5.74, 6) is 3.74. The van der Waals surface area contributed by atoms with Gasteiger partial charge in [-0.1, -0.05) is 160 Å². The number of rotatable bonds is 6. The van der Waals surface area contributed by atoms with Gasteiger partial charge in [-0.05, 0) is 166 Å². The molecule has 0 radical (unpaired) electrons. The van der Waals surface area contributed by atoms with Crippen molar-refractivity contribution in [3.63, 3.8) is 0 Å². The number of hydrogen-bond acceptors (Lipinski definition) is 1. The number of hydrogen-bond donors (Lipinski definition) is 0. The van der Waals surface area contributed by atoms with Crippen LogP contribution in [0.25, 0.3) is 44.5 Å². The van der Waals surface area contributed by atoms with Crippen molar-refractivity contribution < 1.29 is 0 Å². The molecule has 1 nitrogen and oxygen atoms in total. The minimum Gasteiger partial charge on any atom is -0.310 e. The Morgan fingerprint density at radius 3 is 1.80 bits per heavy atom. The molecule has 6 aliphatic rings. The Morgan fingerprint density at radius 1 is 0.475 bits per heavy atom. The molecule has 0 saturated heterocycles. The zero-order valence-corrected chi connectivity index (χ0v) is 35.5. The van der Waals surface area contributed by atoms with E-state index < -0.39 is 0 Å². The Morgan fingerprint density at radius 2 is 1.10 bits per heavy atom. The van der Waals surface area contributed by atoms with Gasteiger partial charge < -0.3 is 4.90 Å². The van der Waals surface area contributed by atoms with Crippen LogP contribution in [-0.2, 0) is 10.8 Å². The molecule has 300 valence electrons. The Hall–Kier alpha value is -5.66. The molecule has 0 heterocycles. The van der Waals surface area contributed by atoms with Crippen LogP contribution in [-0.4, -0.2) is 0 Å². The topological polar surface area (TPSA) is 3.24 Å². The van der Waals surface area contributed by atoms with Crippen LogP contribution < -0.4 is 4.90 Å². The van der Waals surface area contributed by atoms with E-state index in [-0.39, 0.29) is 10.8 Å². The highest BCUT2D eigenvalue weighted by molar-refractivity contribution is 5.98. The van der Waals surface area contributed by atoms with Gasteiger partial charge in [-0.2, -0.15) is 0 Å². The Bertz CT molecular complexity index is 2820. The van der Waals surface area contributed by atoms with Gasteiger partial charge >= 0.3 is 0 Å². The molecule has 4 fully saturated rings. The second-order valence-corrected chi connectivity index (χ2v) is 19.8. The predicted molar refractivity (Wildman–Crippen MR) is 254 cm³/mol. The molecule has 7 aromatic carbocycles. The van der Waals surface area contributed by atoms with E-state index in [2.05, 4.69) is 176 Å². The standard InChI is InChI=1S/C60H55N/c1-2-39-33-44-19-13-20-45(34-39)60(44)54-24-12-10-22-51(54)58-55(60)25-14-26-57(58)61(46-29-31-48(41-15-5-3-6-16-41)52(36-46)42-17-7-4-8-18-42)47-30-32-50-49-21-9-11-23-53(49)59(56(50)37-47)38-40-27-28-43(59)35-40/h3-12,14-18,21-26,29-32,36-37,39-40,43-45H,2,13,19-20,27-28,33-35,38H2,1H3. The van der Waals surface area contributed by atoms with Crippen LogP contribution in [0, 0.1) is 29.6 Å². The summed E-state index contributed by atoms with van der Waals surface area (Å²) < 4.78 is 0. The quantitative estimate of drug-likeness (QED) is 0.162. The fraction of sp³-hybridized carbons (Fsp3) is 0.300. The summed E-state index contributed by atoms with van der Waals surface area (Å²) in [4.78, 5) is 2.69. The minimum absolute atomic E-state index is 0.0800. The molecule has 4 bridgehead atoms. The fourth-order valence-corrected chi connectivity index (χ4v) is 15.0. The average molecular weight is 790 g/mol. The van der Waals surface area contributed by atoms with E-state index in [1.165, 1.54) is 126 Å². The lowest BCUT2D eigenvalue weighted by atomic mass is 9.49. The van der Waals surface area contributed by atoms with Gasteiger partial charge in [-0.15, -0.1) is 0 Å². The van der Waals surface area contributed by atoms with Crippen molar-refractivity contribution in [2.45, 2.75) is 82.0 Å². The first-order valence-corrected chi connectivity index (χ1v) is 23.7. The second-order valence-electron chi connectivity index (χ2n) is 19.8. The molecule has 1 heteroatoms. The van der Waals surface area contributed by atoms with Crippen molar-refractivity contribution in [3.8, 4) is 44.5 Å². The molecule has 0 aliphatic heterocycles. The van der Waals surface area contributed by atoms with E-state index in [0.717, 1.165) is 11.8 Å². The second kappa shape index (κ2) is 13.7. The van der Waals surface area contributed by atoms with Crippen LogP contribution in [0.1, 0.15) is 93.4 Å². The Kier molecular flexibility index (Phi) is 8.08. The third-order valence-electron chi connectivity index (χ3n) is 17.3. The first-order valence-electron chi connectivity index (χ1n) is 23.7. The smallest absolute Gasteiger partial charge is 0.0543 e. The third-order valence-corrected chi connectivity index (χ3v) is 17.3. The van der Waals surface area contributed by atoms with Crippen molar-refractivity contribution in [1.82, 2.24) is 0 Å². The van der Waals surface area contributed by atoms with Gasteiger partial charge in [-0.3, -0.25) is 0 Å². The molecule has 7 aromatic rings.